The smallest absolute Gasteiger partial charge is 0.417 e. The Morgan fingerprint density at radius 1 is 0.909 bits per heavy atom. The van der Waals surface area contributed by atoms with Crippen molar-refractivity contribution in [2.75, 3.05) is 0 Å². The predicted molar refractivity (Wildman–Crippen MR) is 70.1 cm³/mol. The molecule has 0 unspecified atom stereocenters. The van der Waals surface area contributed by atoms with E-state index in [0.717, 1.165) is 0 Å². The third-order valence-corrected chi connectivity index (χ3v) is 3.75. The summed E-state index contributed by atoms with van der Waals surface area (Å²) >= 11 is 0. The molecule has 4 amide bonds. The molecule has 1 aliphatic rings. The summed E-state index contributed by atoms with van der Waals surface area (Å²) in [7, 11) is 0. The van der Waals surface area contributed by atoms with Crippen LogP contribution in [0.25, 0.3) is 0 Å². The highest BCUT2D eigenvalue weighted by Crippen LogP contribution is 2.37. The molecule has 1 fully saturated rings. The van der Waals surface area contributed by atoms with Crippen molar-refractivity contribution in [3.8, 4) is 0 Å². The van der Waals surface area contributed by atoms with Gasteiger partial charge in [-0.25, -0.2) is 29.0 Å². The molecule has 0 aromatic heterocycles. The Morgan fingerprint density at radius 2 is 1.36 bits per heavy atom. The Kier molecular flexibility index (Phi) is 6.13. The monoisotopic (exact) mass is 322 g/mol. The summed E-state index contributed by atoms with van der Waals surface area (Å²) in [5, 5.41) is 36.2. The Labute approximate surface area is 124 Å². The fourth-order valence-electron chi connectivity index (χ4n) is 2.83. The van der Waals surface area contributed by atoms with Gasteiger partial charge in [-0.05, 0) is 19.8 Å². The zero-order valence-electron chi connectivity index (χ0n) is 11.7. The van der Waals surface area contributed by atoms with Gasteiger partial charge < -0.3 is 25.9 Å². The van der Waals surface area contributed by atoms with Gasteiger partial charge in [0.25, 0.3) is 0 Å². The molecule has 2 atom stereocenters. The second-order valence-corrected chi connectivity index (χ2v) is 4.95. The second-order valence-electron chi connectivity index (χ2n) is 4.95. The molecule has 1 aliphatic carbocycles. The summed E-state index contributed by atoms with van der Waals surface area (Å²) in [5.41, 5.74) is -1.66. The summed E-state index contributed by atoms with van der Waals surface area (Å²) in [6.07, 6.45) is -6.02. The van der Waals surface area contributed by atoms with Crippen molar-refractivity contribution < 1.29 is 45.1 Å². The highest BCUT2D eigenvalue weighted by molar-refractivity contribution is 5.89. The van der Waals surface area contributed by atoms with E-state index in [1.54, 1.807) is 0 Å². The van der Waals surface area contributed by atoms with Crippen LogP contribution in [-0.2, 0) is 0 Å². The maximum atomic E-state index is 11.2. The van der Waals surface area contributed by atoms with E-state index in [9.17, 15) is 19.2 Å². The van der Waals surface area contributed by atoms with Crippen molar-refractivity contribution in [3.05, 3.63) is 0 Å². The predicted octanol–water partition coefficient (Wildman–Crippen LogP) is 1.18. The van der Waals surface area contributed by atoms with Gasteiger partial charge in [0, 0.05) is 0 Å². The van der Waals surface area contributed by atoms with Crippen LogP contribution in [-0.4, -0.2) is 71.7 Å². The van der Waals surface area contributed by atoms with Crippen LogP contribution in [0.3, 0.4) is 0 Å². The van der Waals surface area contributed by atoms with E-state index in [0.29, 0.717) is 12.8 Å². The largest absolute Gasteiger partial charge is 0.465 e. The summed E-state index contributed by atoms with van der Waals surface area (Å²) in [6.45, 7) is 1.25. The lowest BCUT2D eigenvalue weighted by atomic mass is 9.77. The summed E-state index contributed by atoms with van der Waals surface area (Å²) < 4.78 is 0. The van der Waals surface area contributed by atoms with E-state index in [2.05, 4.69) is 0 Å². The van der Waals surface area contributed by atoms with E-state index < -0.39 is 36.0 Å². The van der Waals surface area contributed by atoms with Gasteiger partial charge in [-0.15, -0.1) is 0 Å². The lowest BCUT2D eigenvalue weighted by Gasteiger charge is -2.47. The van der Waals surface area contributed by atoms with Crippen LogP contribution < -0.4 is 0 Å². The minimum atomic E-state index is -1.77. The fraction of sp³-hybridized carbons (Fsp3) is 0.636. The molecule has 11 nitrogen and oxygen atoms in total. The number of amides is 4. The maximum Gasteiger partial charge on any atom is 0.417 e. The molecule has 0 aliphatic heterocycles. The average molecular weight is 322 g/mol. The number of hydrogen-bond acceptors (Lipinski definition) is 4. The van der Waals surface area contributed by atoms with E-state index >= 15 is 0 Å². The van der Waals surface area contributed by atoms with Crippen LogP contribution >= 0.6 is 0 Å². The zero-order valence-corrected chi connectivity index (χ0v) is 11.7. The van der Waals surface area contributed by atoms with Crippen LogP contribution in [0.2, 0.25) is 0 Å². The molecular weight excluding hydrogens is 304 g/mol. The molecule has 0 heterocycles. The second kappa shape index (κ2) is 6.93. The fourth-order valence-corrected chi connectivity index (χ4v) is 2.83. The standard InChI is InChI=1S/C11H16N2O8.H2O/c1-11(13(9(18)19)10(20)21)5-3-2-4-6(11)12(7(14)15)8(16)17;/h6H,2-5H2,1H3,(H,14,15)(H,16,17)(H,18,19)(H,20,21);1H2/t6-,11-;/m1./s1. The SMILES string of the molecule is C[C@@]1(N(C(=O)O)C(=O)O)CCCC[C@H]1N(C(=O)O)C(=O)O.O. The topological polar surface area (TPSA) is 187 Å². The highest BCUT2D eigenvalue weighted by Gasteiger charge is 2.52. The summed E-state index contributed by atoms with van der Waals surface area (Å²) in [4.78, 5) is 44.8. The normalized spacial score (nSPS) is 23.8. The van der Waals surface area contributed by atoms with E-state index in [4.69, 9.17) is 20.4 Å². The minimum Gasteiger partial charge on any atom is -0.465 e. The van der Waals surface area contributed by atoms with Crippen LogP contribution in [0.15, 0.2) is 0 Å². The number of carboxylic acid groups (broad SMARTS) is 4. The molecule has 0 bridgehead atoms. The van der Waals surface area contributed by atoms with Crippen molar-refractivity contribution in [3.63, 3.8) is 0 Å². The average Bonchev–Trinajstić information content (AvgIpc) is 2.29. The molecular formula is C11H18N2O9. The first kappa shape index (κ1) is 19.4. The molecule has 0 aromatic carbocycles. The van der Waals surface area contributed by atoms with Crippen LogP contribution in [0.4, 0.5) is 19.2 Å². The highest BCUT2D eigenvalue weighted by atomic mass is 16.4. The molecule has 22 heavy (non-hydrogen) atoms. The number of rotatable bonds is 2. The lowest BCUT2D eigenvalue weighted by Crippen LogP contribution is -2.66. The van der Waals surface area contributed by atoms with Crippen molar-refractivity contribution in [1.82, 2.24) is 9.80 Å². The molecule has 0 radical (unpaired) electrons. The Morgan fingerprint density at radius 3 is 1.73 bits per heavy atom. The molecule has 126 valence electrons. The van der Waals surface area contributed by atoms with Crippen LogP contribution in [0.1, 0.15) is 32.6 Å². The van der Waals surface area contributed by atoms with Gasteiger partial charge in [0.2, 0.25) is 0 Å². The number of hydrogen-bond donors (Lipinski definition) is 4. The van der Waals surface area contributed by atoms with Crippen molar-refractivity contribution in [2.45, 2.75) is 44.2 Å². The van der Waals surface area contributed by atoms with E-state index in [-0.39, 0.29) is 28.1 Å². The quantitative estimate of drug-likeness (QED) is 0.582. The van der Waals surface area contributed by atoms with Gasteiger partial charge in [-0.1, -0.05) is 12.8 Å². The van der Waals surface area contributed by atoms with Crippen molar-refractivity contribution in [1.29, 1.82) is 0 Å². The first-order valence-corrected chi connectivity index (χ1v) is 6.14. The maximum absolute atomic E-state index is 11.2. The molecule has 6 N–H and O–H groups in total. The number of carbonyl (C=O) groups is 4. The minimum absolute atomic E-state index is 0. The van der Waals surface area contributed by atoms with E-state index in [1.165, 1.54) is 6.92 Å². The Hall–Kier alpha value is -2.56. The molecule has 1 rings (SSSR count). The van der Waals surface area contributed by atoms with Gasteiger partial charge in [-0.3, -0.25) is 0 Å². The Bertz CT molecular complexity index is 452. The van der Waals surface area contributed by atoms with Crippen LogP contribution in [0, 0.1) is 0 Å². The third-order valence-electron chi connectivity index (χ3n) is 3.75. The molecule has 0 saturated heterocycles. The molecule has 0 aromatic rings. The van der Waals surface area contributed by atoms with Gasteiger partial charge in [0.05, 0.1) is 11.6 Å². The summed E-state index contributed by atoms with van der Waals surface area (Å²) in [5.74, 6) is 0. The zero-order chi connectivity index (χ0) is 16.4. The van der Waals surface area contributed by atoms with Gasteiger partial charge in [0.15, 0.2) is 0 Å². The van der Waals surface area contributed by atoms with Crippen molar-refractivity contribution in [2.24, 2.45) is 0 Å². The van der Waals surface area contributed by atoms with Gasteiger partial charge in [0.1, 0.15) is 0 Å². The molecule has 11 heteroatoms. The van der Waals surface area contributed by atoms with Gasteiger partial charge >= 0.3 is 24.4 Å². The van der Waals surface area contributed by atoms with Gasteiger partial charge in [-0.2, -0.15) is 0 Å². The van der Waals surface area contributed by atoms with E-state index in [1.807, 2.05) is 0 Å². The third kappa shape index (κ3) is 3.36. The number of nitrogens with zero attached hydrogens (tertiary/aromatic N) is 2. The first-order chi connectivity index (χ1) is 9.62. The first-order valence-electron chi connectivity index (χ1n) is 6.14. The molecule has 1 saturated carbocycles. The lowest BCUT2D eigenvalue weighted by molar-refractivity contribution is 0.00297. The number of imide groups is 2. The Balaban J connectivity index is 0.00000441. The molecule has 0 spiro atoms. The summed E-state index contributed by atoms with van der Waals surface area (Å²) in [6, 6.07) is -1.28. The van der Waals surface area contributed by atoms with Crippen LogP contribution in [0.5, 0.6) is 0 Å². The van der Waals surface area contributed by atoms with Crippen molar-refractivity contribution >= 4 is 24.4 Å².